The van der Waals surface area contributed by atoms with Gasteiger partial charge in [-0.25, -0.2) is 4.39 Å². The first-order chi connectivity index (χ1) is 9.88. The van der Waals surface area contributed by atoms with Gasteiger partial charge in [-0.2, -0.15) is 0 Å². The number of anilines is 1. The van der Waals surface area contributed by atoms with Crippen molar-refractivity contribution in [1.82, 2.24) is 0 Å². The molecule has 0 radical (unpaired) electrons. The Hall–Kier alpha value is -2.76. The van der Waals surface area contributed by atoms with E-state index >= 15 is 0 Å². The van der Waals surface area contributed by atoms with E-state index in [2.05, 4.69) is 5.32 Å². The van der Waals surface area contributed by atoms with E-state index < -0.39 is 16.6 Å². The van der Waals surface area contributed by atoms with Gasteiger partial charge >= 0.3 is 0 Å². The zero-order chi connectivity index (χ0) is 15.6. The minimum absolute atomic E-state index is 0.0620. The number of nitro benzene ring substituents is 1. The van der Waals surface area contributed by atoms with Crippen molar-refractivity contribution in [3.63, 3.8) is 0 Å². The lowest BCUT2D eigenvalue weighted by Gasteiger charge is -2.07. The summed E-state index contributed by atoms with van der Waals surface area (Å²) >= 11 is 0. The van der Waals surface area contributed by atoms with Crippen molar-refractivity contribution >= 4 is 17.3 Å². The van der Waals surface area contributed by atoms with Crippen LogP contribution in [-0.2, 0) is 0 Å². The third kappa shape index (κ3) is 3.22. The van der Waals surface area contributed by atoms with E-state index in [0.29, 0.717) is 5.56 Å². The molecular weight excluding hydrogens is 275 g/mol. The second-order valence-electron chi connectivity index (χ2n) is 4.70. The Labute approximate surface area is 120 Å². The molecule has 2 aromatic carbocycles. The van der Waals surface area contributed by atoms with Gasteiger partial charge in [-0.3, -0.25) is 14.9 Å². The number of halogens is 1. The maximum absolute atomic E-state index is 13.7. The van der Waals surface area contributed by atoms with Crippen LogP contribution in [-0.4, -0.2) is 10.8 Å². The van der Waals surface area contributed by atoms with Gasteiger partial charge in [0.15, 0.2) is 0 Å². The lowest BCUT2D eigenvalue weighted by Crippen LogP contribution is -2.13. The first kappa shape index (κ1) is 14.6. The van der Waals surface area contributed by atoms with Crippen molar-refractivity contribution in [2.45, 2.75) is 13.8 Å². The molecule has 2 rings (SSSR count). The third-order valence-corrected chi connectivity index (χ3v) is 3.03. The van der Waals surface area contributed by atoms with Crippen molar-refractivity contribution in [2.24, 2.45) is 0 Å². The highest BCUT2D eigenvalue weighted by molar-refractivity contribution is 6.04. The van der Waals surface area contributed by atoms with Gasteiger partial charge in [0.25, 0.3) is 11.6 Å². The summed E-state index contributed by atoms with van der Waals surface area (Å²) in [6, 6.07) is 8.47. The van der Waals surface area contributed by atoms with Crippen LogP contribution < -0.4 is 5.32 Å². The largest absolute Gasteiger partial charge is 0.319 e. The zero-order valence-electron chi connectivity index (χ0n) is 11.5. The number of amides is 1. The molecule has 1 N–H and O–H groups in total. The quantitative estimate of drug-likeness (QED) is 0.692. The topological polar surface area (TPSA) is 72.2 Å². The van der Waals surface area contributed by atoms with Crippen molar-refractivity contribution in [1.29, 1.82) is 0 Å². The van der Waals surface area contributed by atoms with Crippen LogP contribution in [0.15, 0.2) is 36.4 Å². The molecule has 108 valence electrons. The summed E-state index contributed by atoms with van der Waals surface area (Å²) in [5, 5.41) is 13.2. The second kappa shape index (κ2) is 5.70. The van der Waals surface area contributed by atoms with Gasteiger partial charge in [0.05, 0.1) is 10.6 Å². The highest BCUT2D eigenvalue weighted by atomic mass is 19.1. The Bertz CT molecular complexity index is 729. The zero-order valence-corrected chi connectivity index (χ0v) is 11.5. The minimum atomic E-state index is -0.526. The number of nitrogens with one attached hydrogen (secondary N) is 1. The lowest BCUT2D eigenvalue weighted by atomic mass is 10.1. The highest BCUT2D eigenvalue weighted by Crippen LogP contribution is 2.20. The first-order valence-corrected chi connectivity index (χ1v) is 6.21. The number of nitrogens with zero attached hydrogens (tertiary/aromatic N) is 1. The predicted molar refractivity (Wildman–Crippen MR) is 76.9 cm³/mol. The molecule has 0 heterocycles. The molecule has 21 heavy (non-hydrogen) atoms. The molecule has 0 spiro atoms. The molecule has 1 amide bonds. The number of hydrogen-bond donors (Lipinski definition) is 1. The maximum atomic E-state index is 13.7. The van der Waals surface area contributed by atoms with E-state index in [4.69, 9.17) is 0 Å². The van der Waals surface area contributed by atoms with Crippen LogP contribution in [0.5, 0.6) is 0 Å². The Morgan fingerprint density at radius 2 is 1.90 bits per heavy atom. The van der Waals surface area contributed by atoms with E-state index in [1.54, 1.807) is 19.9 Å². The van der Waals surface area contributed by atoms with Crippen LogP contribution in [0.1, 0.15) is 21.5 Å². The molecule has 0 aliphatic rings. The van der Waals surface area contributed by atoms with Crippen LogP contribution in [0, 0.1) is 29.8 Å². The molecule has 6 heteroatoms. The molecule has 0 aliphatic heterocycles. The standard InChI is InChI=1S/C15H13FN2O3/c1-9-3-5-13(12(16)7-9)17-15(19)11-4-6-14(18(20)21)10(2)8-11/h3-8H,1-2H3,(H,17,19). The Balaban J connectivity index is 2.24. The molecule has 0 aromatic heterocycles. The van der Waals surface area contributed by atoms with Crippen molar-refractivity contribution in [3.8, 4) is 0 Å². The normalized spacial score (nSPS) is 10.2. The fourth-order valence-electron chi connectivity index (χ4n) is 1.92. The van der Waals surface area contributed by atoms with Gasteiger partial charge in [0, 0.05) is 17.2 Å². The van der Waals surface area contributed by atoms with Crippen molar-refractivity contribution < 1.29 is 14.1 Å². The monoisotopic (exact) mass is 288 g/mol. The van der Waals surface area contributed by atoms with E-state index in [1.165, 1.54) is 30.3 Å². The smallest absolute Gasteiger partial charge is 0.272 e. The third-order valence-electron chi connectivity index (χ3n) is 3.03. The average Bonchev–Trinajstić information content (AvgIpc) is 2.41. The second-order valence-corrected chi connectivity index (χ2v) is 4.70. The molecule has 0 bridgehead atoms. The summed E-state index contributed by atoms with van der Waals surface area (Å²) in [4.78, 5) is 22.2. The average molecular weight is 288 g/mol. The molecule has 0 aliphatic carbocycles. The number of carbonyl (C=O) groups excluding carboxylic acids is 1. The summed E-state index contributed by atoms with van der Waals surface area (Å²) < 4.78 is 13.7. The van der Waals surface area contributed by atoms with Crippen LogP contribution >= 0.6 is 0 Å². The maximum Gasteiger partial charge on any atom is 0.272 e. The molecule has 2 aromatic rings. The number of hydrogen-bond acceptors (Lipinski definition) is 3. The van der Waals surface area contributed by atoms with E-state index in [9.17, 15) is 19.3 Å². The number of carbonyl (C=O) groups is 1. The predicted octanol–water partition coefficient (Wildman–Crippen LogP) is 3.60. The Morgan fingerprint density at radius 1 is 1.19 bits per heavy atom. The summed E-state index contributed by atoms with van der Waals surface area (Å²) in [5.74, 6) is -1.04. The molecule has 0 saturated carbocycles. The van der Waals surface area contributed by atoms with E-state index in [0.717, 1.165) is 5.56 Å². The molecule has 5 nitrogen and oxygen atoms in total. The number of rotatable bonds is 3. The number of benzene rings is 2. The van der Waals surface area contributed by atoms with Gasteiger partial charge in [-0.15, -0.1) is 0 Å². The molecule has 0 unspecified atom stereocenters. The first-order valence-electron chi connectivity index (χ1n) is 6.21. The Kier molecular flexibility index (Phi) is 3.98. The van der Waals surface area contributed by atoms with Gasteiger partial charge < -0.3 is 5.32 Å². The fourth-order valence-corrected chi connectivity index (χ4v) is 1.92. The van der Waals surface area contributed by atoms with Crippen LogP contribution in [0.2, 0.25) is 0 Å². The van der Waals surface area contributed by atoms with Gasteiger partial charge in [0.1, 0.15) is 5.82 Å². The molecule has 0 fully saturated rings. The van der Waals surface area contributed by atoms with E-state index in [1.807, 2.05) is 0 Å². The molecule has 0 saturated heterocycles. The summed E-state index contributed by atoms with van der Waals surface area (Å²) in [7, 11) is 0. The summed E-state index contributed by atoms with van der Waals surface area (Å²) in [6.45, 7) is 3.29. The lowest BCUT2D eigenvalue weighted by molar-refractivity contribution is -0.385. The fraction of sp³-hybridized carbons (Fsp3) is 0.133. The Morgan fingerprint density at radius 3 is 2.48 bits per heavy atom. The number of nitro groups is 1. The minimum Gasteiger partial charge on any atom is -0.319 e. The molecular formula is C15H13FN2O3. The van der Waals surface area contributed by atoms with Gasteiger partial charge in [-0.05, 0) is 43.7 Å². The van der Waals surface area contributed by atoms with Gasteiger partial charge in [0.2, 0.25) is 0 Å². The van der Waals surface area contributed by atoms with Crippen LogP contribution in [0.3, 0.4) is 0 Å². The van der Waals surface area contributed by atoms with Crippen molar-refractivity contribution in [2.75, 3.05) is 5.32 Å². The number of aryl methyl sites for hydroxylation is 2. The SMILES string of the molecule is Cc1ccc(NC(=O)c2ccc([N+](=O)[O-])c(C)c2)c(F)c1. The molecule has 0 atom stereocenters. The van der Waals surface area contributed by atoms with Crippen LogP contribution in [0.25, 0.3) is 0 Å². The van der Waals surface area contributed by atoms with Crippen molar-refractivity contribution in [3.05, 3.63) is 69.0 Å². The van der Waals surface area contributed by atoms with Gasteiger partial charge in [-0.1, -0.05) is 6.07 Å². The van der Waals surface area contributed by atoms with Crippen LogP contribution in [0.4, 0.5) is 15.8 Å². The van der Waals surface area contributed by atoms with E-state index in [-0.39, 0.29) is 16.9 Å². The summed E-state index contributed by atoms with van der Waals surface area (Å²) in [5.41, 5.74) is 1.36. The summed E-state index contributed by atoms with van der Waals surface area (Å²) in [6.07, 6.45) is 0. The highest BCUT2D eigenvalue weighted by Gasteiger charge is 2.14.